The molecule has 1 radical (unpaired) electrons. The third-order valence-electron chi connectivity index (χ3n) is 0. The van der Waals surface area contributed by atoms with Crippen LogP contribution in [0.15, 0.2) is 0 Å². The summed E-state index contributed by atoms with van der Waals surface area (Å²) in [5.41, 5.74) is 0. The minimum absolute atomic E-state index is 0. The van der Waals surface area contributed by atoms with Gasteiger partial charge in [-0.2, -0.15) is 15.5 Å². The molecular formula is C3CrN3S3. The molecule has 0 rings (SSSR count). The fourth-order valence-corrected chi connectivity index (χ4v) is 0. The molecule has 7 heteroatoms. The molecule has 0 aromatic rings. The predicted molar refractivity (Wildman–Crippen MR) is 47.9 cm³/mol. The summed E-state index contributed by atoms with van der Waals surface area (Å²) in [6.45, 7) is 0. The van der Waals surface area contributed by atoms with Gasteiger partial charge in [-0.3, -0.25) is 0 Å². The molecular weight excluding hydrogens is 226 g/mol. The van der Waals surface area contributed by atoms with E-state index < -0.39 is 0 Å². The maximum absolute atomic E-state index is 7.13. The van der Waals surface area contributed by atoms with Gasteiger partial charge in [0.2, 0.25) is 0 Å². The second kappa shape index (κ2) is 65.4. The Morgan fingerprint density at radius 3 is 0.700 bits per heavy atom. The minimum atomic E-state index is 0. The molecule has 0 N–H and O–H groups in total. The third kappa shape index (κ3) is 83600. The van der Waals surface area contributed by atoms with E-state index in [0.29, 0.717) is 0 Å². The van der Waals surface area contributed by atoms with Gasteiger partial charge < -0.3 is 16.2 Å². The predicted octanol–water partition coefficient (Wildman–Crippen LogP) is 1.97. The number of isothiocyanates is 3. The number of hydrogen-bond acceptors (Lipinski definition) is 3. The first kappa shape index (κ1) is 22.5. The number of thiocarbonyl (C=S) groups is 3. The van der Waals surface area contributed by atoms with Gasteiger partial charge in [0.05, 0.1) is 0 Å². The van der Waals surface area contributed by atoms with E-state index in [-0.39, 0.29) is 17.4 Å². The van der Waals surface area contributed by atoms with Crippen LogP contribution in [-0.4, -0.2) is 15.5 Å². The first-order valence-corrected chi connectivity index (χ1v) is 2.51. The Kier molecular flexibility index (Phi) is 147. The van der Waals surface area contributed by atoms with Crippen LogP contribution in [0.2, 0.25) is 0 Å². The topological polar surface area (TPSA) is 66.9 Å². The number of nitrogens with zero attached hydrogens (tertiary/aromatic N) is 3. The van der Waals surface area contributed by atoms with Crippen molar-refractivity contribution >= 4 is 52.1 Å². The molecule has 0 saturated heterocycles. The zero-order valence-electron chi connectivity index (χ0n) is 4.47. The molecule has 0 spiro atoms. The van der Waals surface area contributed by atoms with Crippen LogP contribution >= 0.6 is 36.7 Å². The van der Waals surface area contributed by atoms with Crippen LogP contribution < -0.4 is 0 Å². The van der Waals surface area contributed by atoms with Gasteiger partial charge in [0.25, 0.3) is 0 Å². The van der Waals surface area contributed by atoms with Gasteiger partial charge >= 0.3 is 17.4 Å². The van der Waals surface area contributed by atoms with E-state index in [9.17, 15) is 0 Å². The number of hydrogen-bond donors (Lipinski definition) is 0. The largest absolute Gasteiger partial charge is 3.00 e. The fraction of sp³-hybridized carbons (Fsp3) is 0. The molecule has 0 heterocycles. The first-order chi connectivity index (χ1) is 4.24. The van der Waals surface area contributed by atoms with Crippen molar-refractivity contribution in [2.24, 2.45) is 0 Å². The van der Waals surface area contributed by atoms with Crippen molar-refractivity contribution in [3.05, 3.63) is 16.2 Å². The quantitative estimate of drug-likeness (QED) is 0.468. The summed E-state index contributed by atoms with van der Waals surface area (Å²) in [7, 11) is 0. The normalized spacial score (nSPS) is 2.40. The molecule has 51 valence electrons. The molecule has 0 unspecified atom stereocenters. The van der Waals surface area contributed by atoms with Gasteiger partial charge in [-0.1, -0.05) is 36.7 Å². The van der Waals surface area contributed by atoms with Crippen LogP contribution in [0.1, 0.15) is 0 Å². The Balaban J connectivity index is -0.0000000257. The second-order valence-corrected chi connectivity index (χ2v) is 0.822. The van der Waals surface area contributed by atoms with E-state index in [1.165, 1.54) is 15.5 Å². The van der Waals surface area contributed by atoms with Crippen molar-refractivity contribution in [1.29, 1.82) is 0 Å². The van der Waals surface area contributed by atoms with Crippen LogP contribution in [0.5, 0.6) is 0 Å². The molecule has 0 fully saturated rings. The maximum atomic E-state index is 7.13. The average Bonchev–Trinajstić information content (AvgIpc) is 1.70. The molecule has 0 aromatic heterocycles. The molecule has 0 aliphatic heterocycles. The zero-order chi connectivity index (χ0) is 8.12. The third-order valence-corrected chi connectivity index (χ3v) is 0. The fourth-order valence-electron chi connectivity index (χ4n) is 0. The summed E-state index contributed by atoms with van der Waals surface area (Å²) in [4.78, 5) is 0. The van der Waals surface area contributed by atoms with E-state index in [4.69, 9.17) is 16.2 Å². The Labute approximate surface area is 85.5 Å². The van der Waals surface area contributed by atoms with Crippen molar-refractivity contribution in [3.8, 4) is 0 Å². The Bertz CT molecular complexity index is 111. The van der Waals surface area contributed by atoms with E-state index >= 15 is 0 Å². The molecule has 0 aliphatic carbocycles. The van der Waals surface area contributed by atoms with Gasteiger partial charge in [0.15, 0.2) is 0 Å². The van der Waals surface area contributed by atoms with Crippen molar-refractivity contribution in [1.82, 2.24) is 0 Å². The summed E-state index contributed by atoms with van der Waals surface area (Å²) in [5.74, 6) is 0. The van der Waals surface area contributed by atoms with E-state index in [1.807, 2.05) is 0 Å². The molecule has 0 saturated carbocycles. The Morgan fingerprint density at radius 1 is 0.700 bits per heavy atom. The monoisotopic (exact) mass is 226 g/mol. The summed E-state index contributed by atoms with van der Waals surface area (Å²) in [5, 5.41) is 25.4. The molecule has 3 nitrogen and oxygen atoms in total. The maximum Gasteiger partial charge on any atom is 3.00 e. The standard InChI is InChI=1S/3CNS.Cr/c3*2-1-3;/q3*-1;+3. The van der Waals surface area contributed by atoms with Crippen molar-refractivity contribution in [2.45, 2.75) is 0 Å². The van der Waals surface area contributed by atoms with Gasteiger partial charge in [0, 0.05) is 0 Å². The van der Waals surface area contributed by atoms with E-state index in [1.54, 1.807) is 0 Å². The smallest absolute Gasteiger partial charge is 0.753 e. The summed E-state index contributed by atoms with van der Waals surface area (Å²) >= 11 is 11.1. The molecule has 0 aliphatic rings. The zero-order valence-corrected chi connectivity index (χ0v) is 8.20. The molecule has 0 bridgehead atoms. The van der Waals surface area contributed by atoms with Gasteiger partial charge in [-0.15, -0.1) is 0 Å². The first-order valence-electron chi connectivity index (χ1n) is 1.28. The summed E-state index contributed by atoms with van der Waals surface area (Å²) in [6.07, 6.45) is 0. The van der Waals surface area contributed by atoms with Crippen molar-refractivity contribution in [3.63, 3.8) is 0 Å². The van der Waals surface area contributed by atoms with Crippen LogP contribution in [-0.2, 0) is 17.4 Å². The average molecular weight is 226 g/mol. The second-order valence-electron chi connectivity index (χ2n) is 0.274. The Hall–Kier alpha value is -0.0675. The molecule has 10 heavy (non-hydrogen) atoms. The summed E-state index contributed by atoms with van der Waals surface area (Å²) < 4.78 is 0. The van der Waals surface area contributed by atoms with Gasteiger partial charge in [0.1, 0.15) is 0 Å². The minimum Gasteiger partial charge on any atom is -0.753 e. The van der Waals surface area contributed by atoms with Gasteiger partial charge in [-0.05, 0) is 0 Å². The Morgan fingerprint density at radius 2 is 0.700 bits per heavy atom. The molecule has 0 atom stereocenters. The molecule has 0 aromatic carbocycles. The van der Waals surface area contributed by atoms with Crippen molar-refractivity contribution < 1.29 is 17.4 Å². The summed E-state index contributed by atoms with van der Waals surface area (Å²) in [6, 6.07) is 0. The van der Waals surface area contributed by atoms with E-state index in [0.717, 1.165) is 0 Å². The van der Waals surface area contributed by atoms with Crippen molar-refractivity contribution in [2.75, 3.05) is 0 Å². The molecule has 0 amide bonds. The van der Waals surface area contributed by atoms with Crippen LogP contribution in [0, 0.1) is 0 Å². The van der Waals surface area contributed by atoms with Crippen LogP contribution in [0.3, 0.4) is 0 Å². The van der Waals surface area contributed by atoms with Crippen LogP contribution in [0.25, 0.3) is 16.2 Å². The van der Waals surface area contributed by atoms with Crippen LogP contribution in [0.4, 0.5) is 0 Å². The SMILES string of the molecule is [Cr+3].[N-]=C=S.[N-]=C=S.[N-]=C=S. The van der Waals surface area contributed by atoms with Gasteiger partial charge in [-0.25, -0.2) is 0 Å². The number of rotatable bonds is 0. The van der Waals surface area contributed by atoms with E-state index in [2.05, 4.69) is 36.7 Å².